The van der Waals surface area contributed by atoms with E-state index in [4.69, 9.17) is 0 Å². The van der Waals surface area contributed by atoms with Crippen LogP contribution in [0.4, 0.5) is 5.69 Å². The van der Waals surface area contributed by atoms with E-state index >= 15 is 0 Å². The summed E-state index contributed by atoms with van der Waals surface area (Å²) in [6.07, 6.45) is 13.9. The van der Waals surface area contributed by atoms with Crippen LogP contribution in [-0.2, 0) is 13.6 Å². The van der Waals surface area contributed by atoms with Crippen molar-refractivity contribution in [2.24, 2.45) is 13.0 Å². The number of nitrogens with one attached hydrogen (secondary N) is 1. The van der Waals surface area contributed by atoms with Crippen molar-refractivity contribution < 1.29 is 0 Å². The van der Waals surface area contributed by atoms with E-state index in [1.54, 1.807) is 4.68 Å². The fraction of sp³-hybridized carbons (Fsp3) is 0.458. The highest BCUT2D eigenvalue weighted by atomic mass is 16.1. The normalized spacial score (nSPS) is 19.2. The Morgan fingerprint density at radius 1 is 1.10 bits per heavy atom. The molecule has 6 nitrogen and oxygen atoms in total. The topological polar surface area (TPSA) is 64.7 Å². The van der Waals surface area contributed by atoms with Crippen LogP contribution in [-0.4, -0.2) is 25.4 Å². The van der Waals surface area contributed by atoms with Crippen LogP contribution in [0, 0.1) is 5.92 Å². The SMILES string of the molecule is CC(C)Cn1cc(-c2cnn(C)c2)cc(NC2CCC(c3ccncc3)CC2)c1=O. The Balaban J connectivity index is 1.54. The van der Waals surface area contributed by atoms with Gasteiger partial charge in [0.05, 0.1) is 6.20 Å². The van der Waals surface area contributed by atoms with E-state index in [2.05, 4.69) is 41.4 Å². The Kier molecular flexibility index (Phi) is 6.02. The van der Waals surface area contributed by atoms with Crippen LogP contribution in [0.25, 0.3) is 11.1 Å². The maximum absolute atomic E-state index is 13.1. The van der Waals surface area contributed by atoms with E-state index in [9.17, 15) is 4.79 Å². The third-order valence-corrected chi connectivity index (χ3v) is 5.95. The highest BCUT2D eigenvalue weighted by Gasteiger charge is 2.23. The molecule has 0 saturated heterocycles. The monoisotopic (exact) mass is 405 g/mol. The lowest BCUT2D eigenvalue weighted by Gasteiger charge is -2.30. The van der Waals surface area contributed by atoms with E-state index in [1.165, 1.54) is 5.56 Å². The molecule has 1 aliphatic carbocycles. The van der Waals surface area contributed by atoms with Crippen LogP contribution in [0.3, 0.4) is 0 Å². The zero-order chi connectivity index (χ0) is 21.1. The Morgan fingerprint density at radius 2 is 1.83 bits per heavy atom. The number of nitrogens with zero attached hydrogens (tertiary/aromatic N) is 4. The van der Waals surface area contributed by atoms with Crippen molar-refractivity contribution in [2.45, 2.75) is 58.0 Å². The number of aromatic nitrogens is 4. The number of pyridine rings is 2. The molecule has 0 bridgehead atoms. The molecule has 0 unspecified atom stereocenters. The van der Waals surface area contributed by atoms with Crippen LogP contribution in [0.2, 0.25) is 0 Å². The fourth-order valence-electron chi connectivity index (χ4n) is 4.42. The van der Waals surface area contributed by atoms with Gasteiger partial charge in [-0.05, 0) is 61.3 Å². The van der Waals surface area contributed by atoms with Gasteiger partial charge in [0.1, 0.15) is 5.69 Å². The zero-order valence-electron chi connectivity index (χ0n) is 18.1. The summed E-state index contributed by atoms with van der Waals surface area (Å²) in [6, 6.07) is 6.57. The van der Waals surface area contributed by atoms with E-state index < -0.39 is 0 Å². The van der Waals surface area contributed by atoms with Crippen molar-refractivity contribution in [2.75, 3.05) is 5.32 Å². The molecule has 4 rings (SSSR count). The summed E-state index contributed by atoms with van der Waals surface area (Å²) in [7, 11) is 1.91. The first kappa shape index (κ1) is 20.4. The lowest BCUT2D eigenvalue weighted by atomic mass is 9.82. The Labute approximate surface area is 178 Å². The summed E-state index contributed by atoms with van der Waals surface area (Å²) >= 11 is 0. The second-order valence-electron chi connectivity index (χ2n) is 8.87. The minimum atomic E-state index is 0.0626. The molecule has 0 amide bonds. The van der Waals surface area contributed by atoms with E-state index in [-0.39, 0.29) is 5.56 Å². The van der Waals surface area contributed by atoms with Crippen LogP contribution in [0.5, 0.6) is 0 Å². The van der Waals surface area contributed by atoms with Gasteiger partial charge in [-0.1, -0.05) is 13.8 Å². The van der Waals surface area contributed by atoms with Gasteiger partial charge in [-0.15, -0.1) is 0 Å². The molecule has 0 aliphatic heterocycles. The molecule has 0 radical (unpaired) electrons. The van der Waals surface area contributed by atoms with Gasteiger partial charge in [0.25, 0.3) is 5.56 Å². The molecule has 30 heavy (non-hydrogen) atoms. The molecule has 3 aromatic heterocycles. The standard InChI is InChI=1S/C24H31N5O/c1-17(2)14-29-16-20(21-13-26-28(3)15-21)12-23(24(29)30)27-22-6-4-18(5-7-22)19-8-10-25-11-9-19/h8-13,15-18,22,27H,4-7,14H2,1-3H3. The fourth-order valence-corrected chi connectivity index (χ4v) is 4.42. The van der Waals surface area contributed by atoms with Gasteiger partial charge in [0.15, 0.2) is 0 Å². The molecule has 1 N–H and O–H groups in total. The quantitative estimate of drug-likeness (QED) is 0.659. The molecule has 1 saturated carbocycles. The van der Waals surface area contributed by atoms with E-state index in [0.29, 0.717) is 30.1 Å². The summed E-state index contributed by atoms with van der Waals surface area (Å²) < 4.78 is 3.64. The molecule has 1 fully saturated rings. The lowest BCUT2D eigenvalue weighted by molar-refractivity contribution is 0.411. The average molecular weight is 406 g/mol. The van der Waals surface area contributed by atoms with Gasteiger partial charge in [-0.2, -0.15) is 5.10 Å². The number of anilines is 1. The highest BCUT2D eigenvalue weighted by Crippen LogP contribution is 2.33. The maximum atomic E-state index is 13.1. The molecule has 0 atom stereocenters. The van der Waals surface area contributed by atoms with Gasteiger partial charge < -0.3 is 9.88 Å². The molecular weight excluding hydrogens is 374 g/mol. The average Bonchev–Trinajstić information content (AvgIpc) is 3.18. The molecule has 0 aromatic carbocycles. The Morgan fingerprint density at radius 3 is 2.47 bits per heavy atom. The number of hydrogen-bond acceptors (Lipinski definition) is 4. The predicted molar refractivity (Wildman–Crippen MR) is 121 cm³/mol. The van der Waals surface area contributed by atoms with Gasteiger partial charge in [0, 0.05) is 55.5 Å². The highest BCUT2D eigenvalue weighted by molar-refractivity contribution is 5.65. The Hall–Kier alpha value is -2.89. The summed E-state index contributed by atoms with van der Waals surface area (Å²) in [5, 5.41) is 7.87. The van der Waals surface area contributed by atoms with Crippen molar-refractivity contribution in [3.05, 3.63) is 65.1 Å². The summed E-state index contributed by atoms with van der Waals surface area (Å²) in [4.78, 5) is 17.3. The first-order valence-corrected chi connectivity index (χ1v) is 10.9. The number of aryl methyl sites for hydroxylation is 1. The summed E-state index contributed by atoms with van der Waals surface area (Å²) in [5.41, 5.74) is 4.19. The molecule has 0 spiro atoms. The molecule has 158 valence electrons. The van der Waals surface area contributed by atoms with Gasteiger partial charge in [-0.25, -0.2) is 0 Å². The van der Waals surface area contributed by atoms with E-state index in [1.807, 2.05) is 48.7 Å². The van der Waals surface area contributed by atoms with Crippen molar-refractivity contribution in [1.82, 2.24) is 19.3 Å². The molecule has 3 aromatic rings. The third kappa shape index (κ3) is 4.64. The van der Waals surface area contributed by atoms with Crippen molar-refractivity contribution in [1.29, 1.82) is 0 Å². The summed E-state index contributed by atoms with van der Waals surface area (Å²) in [6.45, 7) is 4.98. The van der Waals surface area contributed by atoms with Gasteiger partial charge >= 0.3 is 0 Å². The van der Waals surface area contributed by atoms with Crippen LogP contribution in [0.1, 0.15) is 51.0 Å². The van der Waals surface area contributed by atoms with Crippen LogP contribution >= 0.6 is 0 Å². The van der Waals surface area contributed by atoms with Gasteiger partial charge in [-0.3, -0.25) is 14.5 Å². The predicted octanol–water partition coefficient (Wildman–Crippen LogP) is 4.44. The second kappa shape index (κ2) is 8.86. The van der Waals surface area contributed by atoms with Crippen molar-refractivity contribution >= 4 is 5.69 Å². The first-order chi connectivity index (χ1) is 14.5. The van der Waals surface area contributed by atoms with E-state index in [0.717, 1.165) is 36.8 Å². The number of hydrogen-bond donors (Lipinski definition) is 1. The smallest absolute Gasteiger partial charge is 0.273 e. The Bertz CT molecular complexity index is 1030. The van der Waals surface area contributed by atoms with Crippen molar-refractivity contribution in [3.8, 4) is 11.1 Å². The maximum Gasteiger partial charge on any atom is 0.273 e. The first-order valence-electron chi connectivity index (χ1n) is 10.9. The molecule has 6 heteroatoms. The zero-order valence-corrected chi connectivity index (χ0v) is 18.1. The molecular formula is C24H31N5O. The molecule has 3 heterocycles. The minimum absolute atomic E-state index is 0.0626. The minimum Gasteiger partial charge on any atom is -0.378 e. The van der Waals surface area contributed by atoms with Gasteiger partial charge in [0.2, 0.25) is 0 Å². The number of rotatable bonds is 6. The van der Waals surface area contributed by atoms with Crippen LogP contribution in [0.15, 0.2) is 54.0 Å². The van der Waals surface area contributed by atoms with Crippen LogP contribution < -0.4 is 10.9 Å². The largest absolute Gasteiger partial charge is 0.378 e. The third-order valence-electron chi connectivity index (χ3n) is 5.95. The summed E-state index contributed by atoms with van der Waals surface area (Å²) in [5.74, 6) is 0.987. The van der Waals surface area contributed by atoms with Crippen molar-refractivity contribution in [3.63, 3.8) is 0 Å². The lowest BCUT2D eigenvalue weighted by Crippen LogP contribution is -2.31. The molecule has 1 aliphatic rings. The second-order valence-corrected chi connectivity index (χ2v) is 8.87.